The first kappa shape index (κ1) is 26.9. The summed E-state index contributed by atoms with van der Waals surface area (Å²) in [4.78, 5) is 9.22. The Balaban J connectivity index is 0.00000676. The summed E-state index contributed by atoms with van der Waals surface area (Å²) in [6.07, 6.45) is 2.63. The zero-order valence-corrected chi connectivity index (χ0v) is 21.0. The molecule has 1 aliphatic rings. The van der Waals surface area contributed by atoms with Gasteiger partial charge < -0.3 is 20.3 Å². The molecule has 162 valence electrons. The van der Waals surface area contributed by atoms with Crippen molar-refractivity contribution < 1.29 is 4.74 Å². The summed E-state index contributed by atoms with van der Waals surface area (Å²) < 4.78 is 5.93. The molecule has 0 radical (unpaired) electrons. The molecule has 0 saturated carbocycles. The highest BCUT2D eigenvalue weighted by Crippen LogP contribution is 2.16. The molecule has 6 nitrogen and oxygen atoms in total. The number of halogens is 1. The first-order valence-corrected chi connectivity index (χ1v) is 10.4. The van der Waals surface area contributed by atoms with Gasteiger partial charge in [-0.25, -0.2) is 0 Å². The number of aliphatic imine (C=N–C) groups is 1. The highest BCUT2D eigenvalue weighted by molar-refractivity contribution is 14.0. The van der Waals surface area contributed by atoms with Crippen molar-refractivity contribution in [3.8, 4) is 0 Å². The van der Waals surface area contributed by atoms with Gasteiger partial charge in [0.25, 0.3) is 0 Å². The largest absolute Gasteiger partial charge is 0.374 e. The quantitative estimate of drug-likeness (QED) is 0.276. The number of hydrogen-bond acceptors (Lipinski definition) is 4. The molecule has 0 amide bonds. The van der Waals surface area contributed by atoms with Crippen LogP contribution in [-0.4, -0.2) is 88.4 Å². The lowest BCUT2D eigenvalue weighted by molar-refractivity contribution is -0.0284. The van der Waals surface area contributed by atoms with Gasteiger partial charge in [0.15, 0.2) is 5.96 Å². The van der Waals surface area contributed by atoms with Gasteiger partial charge in [-0.15, -0.1) is 24.0 Å². The van der Waals surface area contributed by atoms with Crippen LogP contribution in [-0.2, 0) is 4.74 Å². The van der Waals surface area contributed by atoms with Crippen molar-refractivity contribution in [2.45, 2.75) is 52.7 Å². The number of ether oxygens (including phenoxy) is 1. The first-order valence-electron chi connectivity index (χ1n) is 10.4. The third-order valence-corrected chi connectivity index (χ3v) is 5.30. The van der Waals surface area contributed by atoms with Crippen LogP contribution >= 0.6 is 24.0 Å². The van der Waals surface area contributed by atoms with Crippen LogP contribution < -0.4 is 10.6 Å². The first-order chi connectivity index (χ1) is 12.4. The van der Waals surface area contributed by atoms with Crippen LogP contribution in [0.4, 0.5) is 0 Å². The third-order valence-electron chi connectivity index (χ3n) is 5.30. The molecule has 2 atom stereocenters. The molecule has 0 aromatic rings. The summed E-state index contributed by atoms with van der Waals surface area (Å²) in [5.74, 6) is 2.26. The lowest BCUT2D eigenvalue weighted by atomic mass is 9.93. The summed E-state index contributed by atoms with van der Waals surface area (Å²) >= 11 is 0. The van der Waals surface area contributed by atoms with Gasteiger partial charge in [0.05, 0.1) is 12.7 Å². The van der Waals surface area contributed by atoms with Crippen LogP contribution in [0, 0.1) is 11.8 Å². The maximum atomic E-state index is 5.93. The Morgan fingerprint density at radius 2 is 1.89 bits per heavy atom. The highest BCUT2D eigenvalue weighted by Gasteiger charge is 2.23. The van der Waals surface area contributed by atoms with Crippen molar-refractivity contribution in [2.75, 3.05) is 60.5 Å². The minimum Gasteiger partial charge on any atom is -0.374 e. The van der Waals surface area contributed by atoms with Crippen LogP contribution in [0.5, 0.6) is 0 Å². The zero-order chi connectivity index (χ0) is 19.5. The minimum absolute atomic E-state index is 0. The van der Waals surface area contributed by atoms with E-state index in [0.29, 0.717) is 17.9 Å². The molecule has 0 aromatic heterocycles. The molecule has 1 heterocycles. The minimum atomic E-state index is 0. The Morgan fingerprint density at radius 1 is 1.22 bits per heavy atom. The third kappa shape index (κ3) is 10.3. The van der Waals surface area contributed by atoms with E-state index in [4.69, 9.17) is 4.74 Å². The molecular weight excluding hydrogens is 453 g/mol. The molecule has 1 rings (SSSR count). The number of nitrogens with zero attached hydrogens (tertiary/aromatic N) is 3. The summed E-state index contributed by atoms with van der Waals surface area (Å²) in [5.41, 5.74) is 0. The Labute approximate surface area is 184 Å². The van der Waals surface area contributed by atoms with Crippen LogP contribution in [0.1, 0.15) is 40.5 Å². The second-order valence-corrected chi connectivity index (χ2v) is 8.09. The van der Waals surface area contributed by atoms with E-state index in [9.17, 15) is 0 Å². The normalized spacial score (nSPS) is 20.1. The van der Waals surface area contributed by atoms with E-state index in [2.05, 4.69) is 67.2 Å². The maximum absolute atomic E-state index is 5.93. The summed E-state index contributed by atoms with van der Waals surface area (Å²) in [7, 11) is 6.17. The molecular formula is C20H44IN5O. The molecule has 7 heteroatoms. The van der Waals surface area contributed by atoms with E-state index in [1.54, 1.807) is 0 Å². The van der Waals surface area contributed by atoms with E-state index < -0.39 is 0 Å². The second-order valence-electron chi connectivity index (χ2n) is 8.09. The monoisotopic (exact) mass is 497 g/mol. The Kier molecular flexibility index (Phi) is 14.8. The van der Waals surface area contributed by atoms with Gasteiger partial charge in [0, 0.05) is 45.8 Å². The molecule has 1 fully saturated rings. The van der Waals surface area contributed by atoms with Crippen molar-refractivity contribution in [1.29, 1.82) is 0 Å². The van der Waals surface area contributed by atoms with Crippen molar-refractivity contribution in [2.24, 2.45) is 16.8 Å². The molecule has 1 aliphatic heterocycles. The number of guanidine groups is 1. The van der Waals surface area contributed by atoms with Gasteiger partial charge in [0.1, 0.15) is 0 Å². The lowest BCUT2D eigenvalue weighted by Gasteiger charge is -2.34. The number of rotatable bonds is 10. The molecule has 0 aliphatic carbocycles. The number of morpholine rings is 1. The average Bonchev–Trinajstić information content (AvgIpc) is 2.60. The van der Waals surface area contributed by atoms with Gasteiger partial charge in [0.2, 0.25) is 0 Å². The maximum Gasteiger partial charge on any atom is 0.191 e. The predicted molar refractivity (Wildman–Crippen MR) is 127 cm³/mol. The topological polar surface area (TPSA) is 52.1 Å². The van der Waals surface area contributed by atoms with Gasteiger partial charge in [-0.1, -0.05) is 40.5 Å². The van der Waals surface area contributed by atoms with Gasteiger partial charge in [-0.2, -0.15) is 0 Å². The molecule has 2 N–H and O–H groups in total. The predicted octanol–water partition coefficient (Wildman–Crippen LogP) is 2.49. The summed E-state index contributed by atoms with van der Waals surface area (Å²) in [6, 6.07) is 0.510. The molecule has 2 unspecified atom stereocenters. The molecule has 0 aromatic carbocycles. The SMILES string of the molecule is CCC(CC)C(CNC(=NC)NCC1CN(CC(C)C)CCO1)N(C)C.I. The fraction of sp³-hybridized carbons (Fsp3) is 0.950. The molecule has 27 heavy (non-hydrogen) atoms. The van der Waals surface area contributed by atoms with E-state index in [0.717, 1.165) is 45.3 Å². The molecule has 1 saturated heterocycles. The van der Waals surface area contributed by atoms with Gasteiger partial charge in [-0.3, -0.25) is 9.89 Å². The average molecular weight is 498 g/mol. The molecule has 0 spiro atoms. The lowest BCUT2D eigenvalue weighted by Crippen LogP contribution is -2.52. The summed E-state index contributed by atoms with van der Waals surface area (Å²) in [5, 5.41) is 6.96. The van der Waals surface area contributed by atoms with Crippen molar-refractivity contribution in [1.82, 2.24) is 20.4 Å². The summed E-state index contributed by atoms with van der Waals surface area (Å²) in [6.45, 7) is 14.8. The Hall–Kier alpha value is -0.120. The highest BCUT2D eigenvalue weighted by atomic mass is 127. The fourth-order valence-electron chi connectivity index (χ4n) is 3.82. The Morgan fingerprint density at radius 3 is 2.41 bits per heavy atom. The van der Waals surface area contributed by atoms with Gasteiger partial charge in [-0.05, 0) is 25.9 Å². The van der Waals surface area contributed by atoms with Crippen LogP contribution in [0.3, 0.4) is 0 Å². The van der Waals surface area contributed by atoms with E-state index in [-0.39, 0.29) is 30.1 Å². The van der Waals surface area contributed by atoms with E-state index in [1.807, 2.05) is 7.05 Å². The van der Waals surface area contributed by atoms with Crippen LogP contribution in [0.25, 0.3) is 0 Å². The Bertz CT molecular complexity index is 402. The van der Waals surface area contributed by atoms with Gasteiger partial charge >= 0.3 is 0 Å². The number of hydrogen-bond donors (Lipinski definition) is 2. The van der Waals surface area contributed by atoms with Crippen LogP contribution in [0.2, 0.25) is 0 Å². The number of likely N-dealkylation sites (N-methyl/N-ethyl adjacent to an activating group) is 1. The van der Waals surface area contributed by atoms with Crippen molar-refractivity contribution >= 4 is 29.9 Å². The zero-order valence-electron chi connectivity index (χ0n) is 18.6. The van der Waals surface area contributed by atoms with Crippen molar-refractivity contribution in [3.05, 3.63) is 0 Å². The van der Waals surface area contributed by atoms with Crippen LogP contribution in [0.15, 0.2) is 4.99 Å². The molecule has 0 bridgehead atoms. The van der Waals surface area contributed by atoms with Crippen molar-refractivity contribution in [3.63, 3.8) is 0 Å². The van der Waals surface area contributed by atoms with E-state index >= 15 is 0 Å². The fourth-order valence-corrected chi connectivity index (χ4v) is 3.82. The smallest absolute Gasteiger partial charge is 0.191 e. The van der Waals surface area contributed by atoms with E-state index in [1.165, 1.54) is 12.8 Å². The standard InChI is InChI=1S/C20H43N5O.HI/c1-8-17(9-2)19(24(6)7)13-23-20(21-5)22-12-18-15-25(10-11-26-18)14-16(3)4;/h16-19H,8-15H2,1-7H3,(H2,21,22,23);1H. The second kappa shape index (κ2) is 14.8. The number of nitrogens with one attached hydrogen (secondary N) is 2.